The van der Waals surface area contributed by atoms with Crippen molar-refractivity contribution in [2.45, 2.75) is 135 Å². The van der Waals surface area contributed by atoms with Crippen LogP contribution in [0.15, 0.2) is 170 Å². The predicted molar refractivity (Wildman–Crippen MR) is 276 cm³/mol. The molecule has 66 heavy (non-hydrogen) atoms. The maximum Gasteiger partial charge on any atom is 0.306 e. The van der Waals surface area contributed by atoms with Gasteiger partial charge in [0.25, 0.3) is 0 Å². The zero-order valence-electron chi connectivity index (χ0n) is 41.3. The van der Waals surface area contributed by atoms with Gasteiger partial charge in [-0.1, -0.05) is 190 Å². The van der Waals surface area contributed by atoms with Crippen LogP contribution in [0.25, 0.3) is 0 Å². The number of carboxylic acids is 1. The van der Waals surface area contributed by atoms with E-state index in [0.29, 0.717) is 12.8 Å². The average molecular weight is 908 g/mol. The largest absolute Gasteiger partial charge is 0.544 e. The van der Waals surface area contributed by atoms with Gasteiger partial charge in [-0.25, -0.2) is 0 Å². The zero-order chi connectivity index (χ0) is 48.4. The van der Waals surface area contributed by atoms with Crippen molar-refractivity contribution in [1.82, 2.24) is 0 Å². The first-order valence-electron chi connectivity index (χ1n) is 24.3. The van der Waals surface area contributed by atoms with Gasteiger partial charge in [-0.15, -0.1) is 0 Å². The second-order valence-corrected chi connectivity index (χ2v) is 16.4. The number of ether oxygens (including phenoxy) is 3. The van der Waals surface area contributed by atoms with Crippen molar-refractivity contribution in [3.8, 4) is 0 Å². The number of allylic oxidation sites excluding steroid dienone is 28. The number of hydrogen-bond donors (Lipinski definition) is 0. The Balaban J connectivity index is 4.54. The number of esters is 2. The molecule has 0 saturated carbocycles. The summed E-state index contributed by atoms with van der Waals surface area (Å²) in [6, 6.07) is -0.757. The van der Waals surface area contributed by atoms with Crippen LogP contribution >= 0.6 is 0 Å². The number of rotatable bonds is 40. The lowest BCUT2D eigenvalue weighted by Crippen LogP contribution is -2.55. The van der Waals surface area contributed by atoms with Crippen LogP contribution in [-0.4, -0.2) is 75.5 Å². The Kier molecular flexibility index (Phi) is 42.5. The van der Waals surface area contributed by atoms with Crippen LogP contribution in [0.3, 0.4) is 0 Å². The van der Waals surface area contributed by atoms with Crippen molar-refractivity contribution in [2.75, 3.05) is 41.0 Å². The summed E-state index contributed by atoms with van der Waals surface area (Å²) in [4.78, 5) is 37.0. The Labute approximate surface area is 400 Å². The number of carbonyl (C=O) groups excluding carboxylic acids is 3. The average Bonchev–Trinajstić information content (AvgIpc) is 3.28. The predicted octanol–water partition coefficient (Wildman–Crippen LogP) is 12.7. The fraction of sp³-hybridized carbons (Fsp3) is 0.466. The number of likely N-dealkylation sites (N-methyl/N-ethyl adjacent to an activating group) is 1. The van der Waals surface area contributed by atoms with E-state index >= 15 is 0 Å². The van der Waals surface area contributed by atoms with E-state index in [1.54, 1.807) is 21.1 Å². The molecule has 0 spiro atoms. The summed E-state index contributed by atoms with van der Waals surface area (Å²) in [6.07, 6.45) is 71.0. The molecule has 0 bridgehead atoms. The van der Waals surface area contributed by atoms with Gasteiger partial charge >= 0.3 is 11.9 Å². The number of quaternary nitrogens is 1. The number of nitrogens with zero attached hydrogens (tertiary/aromatic N) is 1. The standard InChI is InChI=1S/C58H85NO7/c1-6-8-10-12-14-16-18-20-22-24-26-27-28-29-31-32-34-36-38-40-42-44-46-48-56(60)65-53-54(52-64-51-50-55(58(62)63)59(3,4)5)66-57(61)49-47-45-43-41-39-37-35-33-30-25-23-21-19-17-15-13-11-9-7-2/h8-11,13-17,19-23,25-27,29-31,33-37,39-40,42,54-55H,6-7,12,18,24,28,32,38,41,43-53H2,1-5H3/b10-8+,11-9+,15-13+,16-14+,19-17+,22-20+,23-21+,27-26+,30-25+,31-29+,35-33+,36-34+,39-37+,42-40+. The van der Waals surface area contributed by atoms with Crippen molar-refractivity contribution in [3.63, 3.8) is 0 Å². The van der Waals surface area contributed by atoms with Crippen molar-refractivity contribution < 1.29 is 38.2 Å². The maximum absolute atomic E-state index is 12.8. The Bertz CT molecular complexity index is 1670. The summed E-state index contributed by atoms with van der Waals surface area (Å²) in [5.74, 6) is -1.90. The Morgan fingerprint density at radius 1 is 0.470 bits per heavy atom. The third-order valence-electron chi connectivity index (χ3n) is 9.54. The molecule has 8 nitrogen and oxygen atoms in total. The SMILES string of the molecule is CC/C=C/C=C/C=C/C=C/C=C/C=C/C=C/CCCCCC(=O)OC(COCCC(C(=O)[O-])[N+](C)(C)C)COC(=O)CCC/C=C/C/C=C/C/C=C/C/C=C/C/C=C/C/C=C/C/C=C/CC. The quantitative estimate of drug-likeness (QED) is 0.0198. The van der Waals surface area contributed by atoms with Crippen molar-refractivity contribution in [3.05, 3.63) is 170 Å². The minimum absolute atomic E-state index is 0.0110. The Morgan fingerprint density at radius 2 is 0.894 bits per heavy atom. The first-order valence-corrected chi connectivity index (χ1v) is 24.3. The normalized spacial score (nSPS) is 14.4. The van der Waals surface area contributed by atoms with Crippen molar-refractivity contribution in [1.29, 1.82) is 0 Å². The molecule has 0 radical (unpaired) electrons. The molecule has 0 aromatic carbocycles. The summed E-state index contributed by atoms with van der Waals surface area (Å²) in [5.41, 5.74) is 0. The Hall–Kier alpha value is -5.31. The molecule has 2 atom stereocenters. The van der Waals surface area contributed by atoms with Gasteiger partial charge < -0.3 is 28.6 Å². The minimum atomic E-state index is -1.15. The highest BCUT2D eigenvalue weighted by atomic mass is 16.6. The second-order valence-electron chi connectivity index (χ2n) is 16.4. The molecule has 0 aromatic heterocycles. The molecular formula is C58H85NO7. The molecule has 364 valence electrons. The molecule has 0 amide bonds. The van der Waals surface area contributed by atoms with E-state index in [-0.39, 0.29) is 55.5 Å². The fourth-order valence-corrected chi connectivity index (χ4v) is 5.86. The zero-order valence-corrected chi connectivity index (χ0v) is 41.3. The minimum Gasteiger partial charge on any atom is -0.544 e. The number of carbonyl (C=O) groups is 3. The lowest BCUT2D eigenvalue weighted by molar-refractivity contribution is -0.889. The maximum atomic E-state index is 12.8. The lowest BCUT2D eigenvalue weighted by atomic mass is 10.1. The summed E-state index contributed by atoms with van der Waals surface area (Å²) >= 11 is 0. The lowest BCUT2D eigenvalue weighted by Gasteiger charge is -2.34. The molecule has 0 rings (SSSR count). The van der Waals surface area contributed by atoms with Crippen LogP contribution in [-0.2, 0) is 28.6 Å². The first-order chi connectivity index (χ1) is 32.1. The van der Waals surface area contributed by atoms with E-state index in [1.165, 1.54) is 0 Å². The van der Waals surface area contributed by atoms with E-state index in [4.69, 9.17) is 14.2 Å². The van der Waals surface area contributed by atoms with Gasteiger partial charge in [0, 0.05) is 19.3 Å². The van der Waals surface area contributed by atoms with Gasteiger partial charge in [0.15, 0.2) is 6.10 Å². The molecule has 0 aromatic rings. The van der Waals surface area contributed by atoms with E-state index < -0.39 is 18.1 Å². The molecular weight excluding hydrogens is 823 g/mol. The highest BCUT2D eigenvalue weighted by Crippen LogP contribution is 2.11. The van der Waals surface area contributed by atoms with Crippen LogP contribution in [0.5, 0.6) is 0 Å². The molecule has 0 N–H and O–H groups in total. The third kappa shape index (κ3) is 43.9. The van der Waals surface area contributed by atoms with Gasteiger partial charge in [-0.2, -0.15) is 0 Å². The second kappa shape index (κ2) is 46.2. The molecule has 0 aliphatic carbocycles. The van der Waals surface area contributed by atoms with Crippen LogP contribution in [0.4, 0.5) is 0 Å². The molecule has 0 aliphatic rings. The van der Waals surface area contributed by atoms with E-state index in [9.17, 15) is 19.5 Å². The van der Waals surface area contributed by atoms with Gasteiger partial charge in [0.2, 0.25) is 0 Å². The number of unbranched alkanes of at least 4 members (excludes halogenated alkanes) is 4. The van der Waals surface area contributed by atoms with Crippen LogP contribution in [0.2, 0.25) is 0 Å². The van der Waals surface area contributed by atoms with Crippen LogP contribution in [0.1, 0.15) is 123 Å². The van der Waals surface area contributed by atoms with Gasteiger partial charge in [-0.3, -0.25) is 9.59 Å². The fourth-order valence-electron chi connectivity index (χ4n) is 5.86. The van der Waals surface area contributed by atoms with Gasteiger partial charge in [0.1, 0.15) is 12.6 Å². The molecule has 2 unspecified atom stereocenters. The summed E-state index contributed by atoms with van der Waals surface area (Å²) in [6.45, 7) is 4.25. The summed E-state index contributed by atoms with van der Waals surface area (Å²) in [7, 11) is 5.35. The number of carboxylic acid groups (broad SMARTS) is 1. The monoisotopic (exact) mass is 908 g/mol. The molecule has 0 saturated heterocycles. The molecule has 0 heterocycles. The third-order valence-corrected chi connectivity index (χ3v) is 9.54. The van der Waals surface area contributed by atoms with E-state index in [0.717, 1.165) is 77.0 Å². The van der Waals surface area contributed by atoms with E-state index in [1.807, 2.05) is 72.9 Å². The van der Waals surface area contributed by atoms with E-state index in [2.05, 4.69) is 111 Å². The highest BCUT2D eigenvalue weighted by molar-refractivity contribution is 5.70. The molecule has 0 aliphatic heterocycles. The topological polar surface area (TPSA) is 102 Å². The van der Waals surface area contributed by atoms with Crippen LogP contribution < -0.4 is 5.11 Å². The number of hydrogen-bond acceptors (Lipinski definition) is 7. The van der Waals surface area contributed by atoms with Crippen molar-refractivity contribution in [2.24, 2.45) is 0 Å². The summed E-state index contributed by atoms with van der Waals surface area (Å²) in [5, 5.41) is 11.7. The van der Waals surface area contributed by atoms with Gasteiger partial charge in [0.05, 0.1) is 40.3 Å². The van der Waals surface area contributed by atoms with Crippen molar-refractivity contribution >= 4 is 17.9 Å². The molecule has 8 heteroatoms. The number of aliphatic carboxylic acids is 1. The summed E-state index contributed by atoms with van der Waals surface area (Å²) < 4.78 is 17.1. The molecule has 0 fully saturated rings. The first kappa shape index (κ1) is 60.7. The van der Waals surface area contributed by atoms with Crippen LogP contribution in [0, 0.1) is 0 Å². The highest BCUT2D eigenvalue weighted by Gasteiger charge is 2.25. The van der Waals surface area contributed by atoms with Gasteiger partial charge in [-0.05, 0) is 83.5 Å². The smallest absolute Gasteiger partial charge is 0.306 e. The Morgan fingerprint density at radius 3 is 1.36 bits per heavy atom.